The van der Waals surface area contributed by atoms with Gasteiger partial charge in [0.05, 0.1) is 10.6 Å². The van der Waals surface area contributed by atoms with E-state index in [1.807, 2.05) is 20.8 Å². The van der Waals surface area contributed by atoms with Gasteiger partial charge in [0.15, 0.2) is 0 Å². The van der Waals surface area contributed by atoms with Crippen molar-refractivity contribution in [3.63, 3.8) is 0 Å². The Kier molecular flexibility index (Phi) is 11.1. The number of halogens is 3. The second kappa shape index (κ2) is 13.9. The van der Waals surface area contributed by atoms with Gasteiger partial charge in [-0.1, -0.05) is 71.6 Å². The van der Waals surface area contributed by atoms with Crippen LogP contribution in [0.15, 0.2) is 65.6 Å². The Labute approximate surface area is 257 Å². The second-order valence-electron chi connectivity index (χ2n) is 9.96. The summed E-state index contributed by atoms with van der Waals surface area (Å²) in [6.07, 6.45) is 0.700. The van der Waals surface area contributed by atoms with Gasteiger partial charge < -0.3 is 10.2 Å². The number of rotatable bonds is 11. The van der Waals surface area contributed by atoms with Gasteiger partial charge in [-0.2, -0.15) is 0 Å². The smallest absolute Gasteiger partial charge is 0.264 e. The fraction of sp³-hybridized carbons (Fsp3) is 0.333. The Hall–Kier alpha value is -2.78. The number of amides is 2. The quantitative estimate of drug-likeness (QED) is 0.251. The van der Waals surface area contributed by atoms with Crippen LogP contribution in [-0.2, 0) is 26.2 Å². The van der Waals surface area contributed by atoms with Crippen LogP contribution in [0.3, 0.4) is 0 Å². The van der Waals surface area contributed by atoms with Crippen molar-refractivity contribution in [3.05, 3.63) is 92.4 Å². The Morgan fingerprint density at radius 2 is 1.59 bits per heavy atom. The molecule has 0 aliphatic rings. The van der Waals surface area contributed by atoms with E-state index < -0.39 is 28.5 Å². The van der Waals surface area contributed by atoms with Gasteiger partial charge in [-0.05, 0) is 81.6 Å². The van der Waals surface area contributed by atoms with E-state index in [0.29, 0.717) is 32.6 Å². The zero-order valence-corrected chi connectivity index (χ0v) is 26.7. The van der Waals surface area contributed by atoms with Crippen molar-refractivity contribution >= 4 is 62.3 Å². The third-order valence-electron chi connectivity index (χ3n) is 6.92. The lowest BCUT2D eigenvalue weighted by molar-refractivity contribution is -0.139. The molecule has 0 saturated heterocycles. The lowest BCUT2D eigenvalue weighted by atomic mass is 10.1. The highest BCUT2D eigenvalue weighted by atomic mass is 35.5. The molecule has 0 aliphatic carbocycles. The average molecular weight is 639 g/mol. The van der Waals surface area contributed by atoms with Gasteiger partial charge in [-0.15, -0.1) is 0 Å². The fourth-order valence-electron chi connectivity index (χ4n) is 4.10. The molecule has 41 heavy (non-hydrogen) atoms. The molecular weight excluding hydrogens is 605 g/mol. The summed E-state index contributed by atoms with van der Waals surface area (Å²) >= 11 is 18.9. The second-order valence-corrected chi connectivity index (χ2v) is 13.1. The molecule has 3 rings (SSSR count). The minimum Gasteiger partial charge on any atom is -0.352 e. The van der Waals surface area contributed by atoms with Gasteiger partial charge in [-0.3, -0.25) is 13.9 Å². The van der Waals surface area contributed by atoms with Crippen LogP contribution >= 0.6 is 34.8 Å². The first-order valence-electron chi connectivity index (χ1n) is 13.1. The monoisotopic (exact) mass is 637 g/mol. The molecule has 0 spiro atoms. The standard InChI is InChI=1S/C30H34Cl3N3O4S/c1-6-20(3)34-30(38)22(5)35(17-23-12-13-24(31)16-27(23)33)29(37)18-36(28-9-7-8-26(32)21(28)4)41(39,40)25-14-10-19(2)11-15-25/h7-16,20,22H,6,17-18H2,1-5H3,(H,34,38)/t20-,22+/m0/s1. The van der Waals surface area contributed by atoms with Crippen molar-refractivity contribution in [3.8, 4) is 0 Å². The van der Waals surface area contributed by atoms with E-state index in [9.17, 15) is 18.0 Å². The maximum atomic E-state index is 14.1. The van der Waals surface area contributed by atoms with E-state index in [0.717, 1.165) is 9.87 Å². The van der Waals surface area contributed by atoms with E-state index >= 15 is 0 Å². The number of carbonyl (C=O) groups excluding carboxylic acids is 2. The summed E-state index contributed by atoms with van der Waals surface area (Å²) in [6, 6.07) is 15.0. The molecule has 1 N–H and O–H groups in total. The number of benzene rings is 3. The third kappa shape index (κ3) is 7.95. The molecule has 7 nitrogen and oxygen atoms in total. The van der Waals surface area contributed by atoms with Crippen LogP contribution < -0.4 is 9.62 Å². The van der Waals surface area contributed by atoms with Crippen LogP contribution in [0.1, 0.15) is 43.9 Å². The van der Waals surface area contributed by atoms with E-state index in [2.05, 4.69) is 5.32 Å². The lowest BCUT2D eigenvalue weighted by Crippen LogP contribution is -2.52. The molecule has 0 fully saturated rings. The van der Waals surface area contributed by atoms with Crippen LogP contribution in [-0.4, -0.2) is 43.8 Å². The highest BCUT2D eigenvalue weighted by Gasteiger charge is 2.33. The first-order valence-corrected chi connectivity index (χ1v) is 15.7. The first kappa shape index (κ1) is 32.7. The SMILES string of the molecule is CC[C@H](C)NC(=O)[C@@H](C)N(Cc1ccc(Cl)cc1Cl)C(=O)CN(c1cccc(Cl)c1C)S(=O)(=O)c1ccc(C)cc1. The van der Waals surface area contributed by atoms with Crippen molar-refractivity contribution in [2.24, 2.45) is 0 Å². The first-order chi connectivity index (χ1) is 19.3. The molecule has 220 valence electrons. The predicted octanol–water partition coefficient (Wildman–Crippen LogP) is 6.79. The van der Waals surface area contributed by atoms with Crippen LogP contribution in [0, 0.1) is 13.8 Å². The Balaban J connectivity index is 2.09. The van der Waals surface area contributed by atoms with E-state index in [1.54, 1.807) is 62.4 Å². The molecular formula is C30H34Cl3N3O4S. The van der Waals surface area contributed by atoms with Gasteiger partial charge >= 0.3 is 0 Å². The maximum Gasteiger partial charge on any atom is 0.264 e. The van der Waals surface area contributed by atoms with E-state index in [-0.39, 0.29) is 29.1 Å². The summed E-state index contributed by atoms with van der Waals surface area (Å²) in [5, 5.41) is 3.99. The molecule has 0 saturated carbocycles. The molecule has 0 unspecified atom stereocenters. The van der Waals surface area contributed by atoms with Crippen LogP contribution in [0.4, 0.5) is 5.69 Å². The molecule has 0 bridgehead atoms. The number of carbonyl (C=O) groups is 2. The molecule has 2 amide bonds. The molecule has 3 aromatic carbocycles. The summed E-state index contributed by atoms with van der Waals surface area (Å²) in [6.45, 7) is 8.32. The minimum absolute atomic E-state index is 0.0186. The van der Waals surface area contributed by atoms with Gasteiger partial charge in [0.25, 0.3) is 10.0 Å². The third-order valence-corrected chi connectivity index (χ3v) is 9.69. The van der Waals surface area contributed by atoms with Crippen LogP contribution in [0.5, 0.6) is 0 Å². The molecule has 3 aromatic rings. The number of hydrogen-bond acceptors (Lipinski definition) is 4. The zero-order valence-electron chi connectivity index (χ0n) is 23.6. The van der Waals surface area contributed by atoms with E-state index in [4.69, 9.17) is 34.8 Å². The van der Waals surface area contributed by atoms with Crippen molar-refractivity contribution in [2.45, 2.75) is 64.6 Å². The number of hydrogen-bond donors (Lipinski definition) is 1. The molecule has 0 aromatic heterocycles. The van der Waals surface area contributed by atoms with Gasteiger partial charge in [0.1, 0.15) is 12.6 Å². The van der Waals surface area contributed by atoms with Crippen molar-refractivity contribution in [1.82, 2.24) is 10.2 Å². The maximum absolute atomic E-state index is 14.1. The highest BCUT2D eigenvalue weighted by Crippen LogP contribution is 2.31. The van der Waals surface area contributed by atoms with Crippen LogP contribution in [0.25, 0.3) is 0 Å². The highest BCUT2D eigenvalue weighted by molar-refractivity contribution is 7.92. The number of aryl methyl sites for hydroxylation is 1. The summed E-state index contributed by atoms with van der Waals surface area (Å²) in [5.41, 5.74) is 2.19. The van der Waals surface area contributed by atoms with E-state index in [1.165, 1.54) is 17.0 Å². The van der Waals surface area contributed by atoms with Gasteiger partial charge in [0, 0.05) is 27.7 Å². The minimum atomic E-state index is -4.21. The summed E-state index contributed by atoms with van der Waals surface area (Å²) < 4.78 is 29.0. The largest absolute Gasteiger partial charge is 0.352 e. The number of nitrogens with zero attached hydrogens (tertiary/aromatic N) is 2. The Morgan fingerprint density at radius 1 is 0.927 bits per heavy atom. The average Bonchev–Trinajstić information content (AvgIpc) is 2.92. The molecule has 0 radical (unpaired) electrons. The molecule has 0 heterocycles. The Bertz CT molecular complexity index is 1510. The van der Waals surface area contributed by atoms with Gasteiger partial charge in [-0.25, -0.2) is 8.42 Å². The molecule has 0 aliphatic heterocycles. The van der Waals surface area contributed by atoms with Crippen molar-refractivity contribution in [2.75, 3.05) is 10.8 Å². The summed E-state index contributed by atoms with van der Waals surface area (Å²) in [7, 11) is -4.21. The Morgan fingerprint density at radius 3 is 2.20 bits per heavy atom. The topological polar surface area (TPSA) is 86.8 Å². The van der Waals surface area contributed by atoms with Crippen LogP contribution in [0.2, 0.25) is 15.1 Å². The summed E-state index contributed by atoms with van der Waals surface area (Å²) in [4.78, 5) is 28.6. The number of nitrogens with one attached hydrogen (secondary N) is 1. The molecule has 2 atom stereocenters. The zero-order chi connectivity index (χ0) is 30.5. The lowest BCUT2D eigenvalue weighted by Gasteiger charge is -2.33. The number of sulfonamides is 1. The fourth-order valence-corrected chi connectivity index (χ4v) is 6.21. The summed E-state index contributed by atoms with van der Waals surface area (Å²) in [5.74, 6) is -0.970. The normalized spacial score (nSPS) is 12.9. The molecule has 11 heteroatoms. The van der Waals surface area contributed by atoms with Crippen molar-refractivity contribution < 1.29 is 18.0 Å². The predicted molar refractivity (Wildman–Crippen MR) is 166 cm³/mol. The van der Waals surface area contributed by atoms with Crippen molar-refractivity contribution in [1.29, 1.82) is 0 Å². The number of anilines is 1. The van der Waals surface area contributed by atoms with Gasteiger partial charge in [0.2, 0.25) is 11.8 Å².